The Hall–Kier alpha value is -1.70. The summed E-state index contributed by atoms with van der Waals surface area (Å²) in [6.07, 6.45) is 0. The molecule has 0 N–H and O–H groups in total. The van der Waals surface area contributed by atoms with Gasteiger partial charge in [-0.2, -0.15) is 0 Å². The molecule has 0 saturated heterocycles. The summed E-state index contributed by atoms with van der Waals surface area (Å²) < 4.78 is 22.9. The molecule has 0 spiro atoms. The van der Waals surface area contributed by atoms with E-state index in [0.29, 0.717) is 0 Å². The zero-order valence-electron chi connectivity index (χ0n) is 10.2. The van der Waals surface area contributed by atoms with Gasteiger partial charge in [-0.05, 0) is 28.9 Å². The molecule has 0 aromatic heterocycles. The maximum atomic E-state index is 13.1. The maximum Gasteiger partial charge on any atom is 0.315 e. The summed E-state index contributed by atoms with van der Waals surface area (Å²) in [4.78, 5) is 21.2. The van der Waals surface area contributed by atoms with Crippen LogP contribution in [0.5, 0.6) is 5.75 Å². The minimum absolute atomic E-state index is 0.108. The quantitative estimate of drug-likeness (QED) is 0.469. The number of hydrogen-bond donors (Lipinski definition) is 0. The molecule has 1 aromatic carbocycles. The van der Waals surface area contributed by atoms with E-state index < -0.39 is 28.3 Å². The van der Waals surface area contributed by atoms with Crippen molar-refractivity contribution in [1.82, 2.24) is 0 Å². The van der Waals surface area contributed by atoms with Crippen molar-refractivity contribution < 1.29 is 23.6 Å². The SMILES string of the molecule is COC(=O)C(C)COc1c(Br)cc(F)cc1[N+](=O)[O-]. The van der Waals surface area contributed by atoms with E-state index in [4.69, 9.17) is 4.74 Å². The van der Waals surface area contributed by atoms with Crippen LogP contribution in [0.2, 0.25) is 0 Å². The Morgan fingerprint density at radius 3 is 2.74 bits per heavy atom. The summed E-state index contributed by atoms with van der Waals surface area (Å²) in [5.41, 5.74) is -0.510. The summed E-state index contributed by atoms with van der Waals surface area (Å²) >= 11 is 2.98. The Morgan fingerprint density at radius 1 is 1.58 bits per heavy atom. The van der Waals surface area contributed by atoms with Gasteiger partial charge >= 0.3 is 11.7 Å². The van der Waals surface area contributed by atoms with Crippen molar-refractivity contribution >= 4 is 27.6 Å². The molecule has 0 fully saturated rings. The Kier molecular flexibility index (Phi) is 5.22. The molecule has 8 heteroatoms. The third kappa shape index (κ3) is 3.88. The number of nitro groups is 1. The smallest absolute Gasteiger partial charge is 0.315 e. The van der Waals surface area contributed by atoms with Crippen molar-refractivity contribution in [2.45, 2.75) is 6.92 Å². The number of rotatable bonds is 5. The van der Waals surface area contributed by atoms with E-state index in [9.17, 15) is 19.3 Å². The standard InChI is InChI=1S/C11H11BrFNO5/c1-6(11(15)18-2)5-19-10-8(12)3-7(13)4-9(10)14(16)17/h3-4,6H,5H2,1-2H3. The molecule has 0 bridgehead atoms. The van der Waals surface area contributed by atoms with Crippen LogP contribution in [0.3, 0.4) is 0 Å². The third-order valence-corrected chi connectivity index (χ3v) is 2.86. The van der Waals surface area contributed by atoms with Crippen LogP contribution in [0.1, 0.15) is 6.92 Å². The second-order valence-corrected chi connectivity index (χ2v) is 4.58. The van der Waals surface area contributed by atoms with Gasteiger partial charge in [0.15, 0.2) is 0 Å². The van der Waals surface area contributed by atoms with Crippen molar-refractivity contribution in [2.24, 2.45) is 5.92 Å². The lowest BCUT2D eigenvalue weighted by Gasteiger charge is -2.12. The number of benzene rings is 1. The number of esters is 1. The highest BCUT2D eigenvalue weighted by Gasteiger charge is 2.22. The Bertz CT molecular complexity index is 508. The summed E-state index contributed by atoms with van der Waals surface area (Å²) in [5.74, 6) is -1.98. The summed E-state index contributed by atoms with van der Waals surface area (Å²) in [6, 6.07) is 1.80. The first-order valence-corrected chi connectivity index (χ1v) is 6.00. The lowest BCUT2D eigenvalue weighted by atomic mass is 10.2. The van der Waals surface area contributed by atoms with Gasteiger partial charge in [0.25, 0.3) is 0 Å². The number of carbonyl (C=O) groups excluding carboxylic acids is 1. The topological polar surface area (TPSA) is 78.7 Å². The fourth-order valence-corrected chi connectivity index (χ4v) is 1.84. The van der Waals surface area contributed by atoms with Crippen LogP contribution in [0, 0.1) is 21.8 Å². The second kappa shape index (κ2) is 6.46. The van der Waals surface area contributed by atoms with Crippen molar-refractivity contribution in [3.63, 3.8) is 0 Å². The van der Waals surface area contributed by atoms with Crippen LogP contribution < -0.4 is 4.74 Å². The average Bonchev–Trinajstić information content (AvgIpc) is 2.35. The lowest BCUT2D eigenvalue weighted by molar-refractivity contribution is -0.386. The van der Waals surface area contributed by atoms with E-state index in [1.54, 1.807) is 6.92 Å². The number of hydrogen-bond acceptors (Lipinski definition) is 5. The monoisotopic (exact) mass is 335 g/mol. The first kappa shape index (κ1) is 15.4. The van der Waals surface area contributed by atoms with Crippen LogP contribution in [0.15, 0.2) is 16.6 Å². The number of carbonyl (C=O) groups is 1. The van der Waals surface area contributed by atoms with Crippen molar-refractivity contribution in [3.05, 3.63) is 32.5 Å². The highest BCUT2D eigenvalue weighted by molar-refractivity contribution is 9.10. The molecule has 1 aromatic rings. The molecule has 0 heterocycles. The van der Waals surface area contributed by atoms with E-state index >= 15 is 0 Å². The minimum atomic E-state index is -0.758. The van der Waals surface area contributed by atoms with Crippen LogP contribution >= 0.6 is 15.9 Å². The van der Waals surface area contributed by atoms with Gasteiger partial charge in [-0.3, -0.25) is 14.9 Å². The predicted molar refractivity (Wildman–Crippen MR) is 67.4 cm³/mol. The molecule has 104 valence electrons. The van der Waals surface area contributed by atoms with Crippen molar-refractivity contribution in [2.75, 3.05) is 13.7 Å². The molecule has 1 rings (SSSR count). The van der Waals surface area contributed by atoms with Gasteiger partial charge in [0.05, 0.1) is 28.5 Å². The van der Waals surface area contributed by atoms with Crippen LogP contribution in [-0.2, 0) is 9.53 Å². The van der Waals surface area contributed by atoms with Gasteiger partial charge in [-0.1, -0.05) is 0 Å². The van der Waals surface area contributed by atoms with Gasteiger partial charge in [0, 0.05) is 0 Å². The Morgan fingerprint density at radius 2 is 2.21 bits per heavy atom. The first-order chi connectivity index (χ1) is 8.86. The molecule has 19 heavy (non-hydrogen) atoms. The van der Waals surface area contributed by atoms with Crippen LogP contribution in [-0.4, -0.2) is 24.6 Å². The van der Waals surface area contributed by atoms with E-state index in [-0.39, 0.29) is 16.8 Å². The Labute approximate surface area is 116 Å². The molecule has 6 nitrogen and oxygen atoms in total. The molecular weight excluding hydrogens is 325 g/mol. The fourth-order valence-electron chi connectivity index (χ4n) is 1.30. The molecule has 0 saturated carbocycles. The summed E-state index contributed by atoms with van der Waals surface area (Å²) in [6.45, 7) is 1.44. The van der Waals surface area contributed by atoms with Crippen molar-refractivity contribution in [1.29, 1.82) is 0 Å². The largest absolute Gasteiger partial charge is 0.485 e. The molecule has 0 amide bonds. The van der Waals surface area contributed by atoms with E-state index in [1.807, 2.05) is 0 Å². The first-order valence-electron chi connectivity index (χ1n) is 5.20. The highest BCUT2D eigenvalue weighted by Crippen LogP contribution is 2.36. The molecule has 1 unspecified atom stereocenters. The van der Waals surface area contributed by atoms with E-state index in [2.05, 4.69) is 20.7 Å². The maximum absolute atomic E-state index is 13.1. The lowest BCUT2D eigenvalue weighted by Crippen LogP contribution is -2.20. The summed E-state index contributed by atoms with van der Waals surface area (Å²) in [5, 5.41) is 10.8. The number of ether oxygens (including phenoxy) is 2. The second-order valence-electron chi connectivity index (χ2n) is 3.73. The zero-order valence-corrected chi connectivity index (χ0v) is 11.8. The van der Waals surface area contributed by atoms with Gasteiger partial charge in [0.2, 0.25) is 5.75 Å². The molecule has 0 aliphatic carbocycles. The minimum Gasteiger partial charge on any atom is -0.485 e. The van der Waals surface area contributed by atoms with Gasteiger partial charge in [0.1, 0.15) is 12.4 Å². The third-order valence-electron chi connectivity index (χ3n) is 2.27. The highest BCUT2D eigenvalue weighted by atomic mass is 79.9. The molecular formula is C11H11BrFNO5. The Balaban J connectivity index is 2.94. The fraction of sp³-hybridized carbons (Fsp3) is 0.364. The van der Waals surface area contributed by atoms with E-state index in [0.717, 1.165) is 12.1 Å². The zero-order chi connectivity index (χ0) is 14.6. The van der Waals surface area contributed by atoms with Gasteiger partial charge in [-0.25, -0.2) is 4.39 Å². The molecule has 0 aliphatic rings. The number of nitro benzene ring substituents is 1. The van der Waals surface area contributed by atoms with Crippen molar-refractivity contribution in [3.8, 4) is 5.75 Å². The molecule has 0 radical (unpaired) electrons. The number of nitrogens with zero attached hydrogens (tertiary/aromatic N) is 1. The predicted octanol–water partition coefficient (Wildman–Crippen LogP) is 2.68. The normalized spacial score (nSPS) is 11.8. The van der Waals surface area contributed by atoms with Gasteiger partial charge < -0.3 is 9.47 Å². The van der Waals surface area contributed by atoms with Crippen LogP contribution in [0.25, 0.3) is 0 Å². The number of methoxy groups -OCH3 is 1. The van der Waals surface area contributed by atoms with Crippen LogP contribution in [0.4, 0.5) is 10.1 Å². The van der Waals surface area contributed by atoms with Gasteiger partial charge in [-0.15, -0.1) is 0 Å². The number of halogens is 2. The average molecular weight is 336 g/mol. The molecule has 0 aliphatic heterocycles. The summed E-state index contributed by atoms with van der Waals surface area (Å²) in [7, 11) is 1.23. The van der Waals surface area contributed by atoms with E-state index in [1.165, 1.54) is 7.11 Å². The molecule has 1 atom stereocenters.